The second-order valence-electron chi connectivity index (χ2n) is 6.21. The van der Waals surface area contributed by atoms with Crippen molar-refractivity contribution < 1.29 is 9.18 Å². The third kappa shape index (κ3) is 4.89. The summed E-state index contributed by atoms with van der Waals surface area (Å²) in [5, 5.41) is 2.01. The summed E-state index contributed by atoms with van der Waals surface area (Å²) in [5.41, 5.74) is 1.06. The summed E-state index contributed by atoms with van der Waals surface area (Å²) in [4.78, 5) is 17.8. The van der Waals surface area contributed by atoms with Gasteiger partial charge in [-0.2, -0.15) is 0 Å². The number of thiophene rings is 1. The van der Waals surface area contributed by atoms with Gasteiger partial charge in [0.15, 0.2) is 0 Å². The first-order valence-electron chi connectivity index (χ1n) is 8.48. The molecule has 0 aliphatic carbocycles. The second kappa shape index (κ2) is 8.40. The molecule has 0 bridgehead atoms. The molecule has 1 saturated heterocycles. The van der Waals surface area contributed by atoms with Crippen molar-refractivity contribution in [1.82, 2.24) is 9.80 Å². The van der Waals surface area contributed by atoms with Crippen molar-refractivity contribution in [2.75, 3.05) is 32.7 Å². The van der Waals surface area contributed by atoms with Crippen LogP contribution in [-0.2, 0) is 17.6 Å². The Morgan fingerprint density at radius 2 is 1.96 bits per heavy atom. The maximum atomic E-state index is 13.2. The van der Waals surface area contributed by atoms with Crippen LogP contribution >= 0.6 is 11.3 Å². The van der Waals surface area contributed by atoms with Crippen LogP contribution in [0.15, 0.2) is 41.8 Å². The van der Waals surface area contributed by atoms with E-state index in [1.54, 1.807) is 23.5 Å². The maximum absolute atomic E-state index is 13.2. The fourth-order valence-corrected chi connectivity index (χ4v) is 3.79. The lowest BCUT2D eigenvalue weighted by Gasteiger charge is -2.34. The van der Waals surface area contributed by atoms with Gasteiger partial charge in [0, 0.05) is 31.1 Å². The van der Waals surface area contributed by atoms with Gasteiger partial charge in [-0.1, -0.05) is 18.2 Å². The average molecular weight is 346 g/mol. The molecule has 0 spiro atoms. The van der Waals surface area contributed by atoms with E-state index >= 15 is 0 Å². The summed E-state index contributed by atoms with van der Waals surface area (Å²) in [7, 11) is 0. The molecule has 1 aromatic carbocycles. The van der Waals surface area contributed by atoms with Crippen molar-refractivity contribution in [3.05, 3.63) is 58.0 Å². The minimum absolute atomic E-state index is 0.162. The molecule has 1 amide bonds. The molecule has 0 unspecified atom stereocenters. The monoisotopic (exact) mass is 346 g/mol. The van der Waals surface area contributed by atoms with Gasteiger partial charge in [0.05, 0.1) is 6.42 Å². The fraction of sp³-hybridized carbons (Fsp3) is 0.421. The SMILES string of the molecule is O=C(Cc1cccs1)N1CCN(CCCc2cccc(F)c2)CC1. The zero-order chi connectivity index (χ0) is 16.8. The minimum Gasteiger partial charge on any atom is -0.340 e. The Balaban J connectivity index is 1.36. The van der Waals surface area contributed by atoms with E-state index in [0.29, 0.717) is 6.42 Å². The zero-order valence-corrected chi connectivity index (χ0v) is 14.6. The van der Waals surface area contributed by atoms with Crippen molar-refractivity contribution in [2.24, 2.45) is 0 Å². The summed E-state index contributed by atoms with van der Waals surface area (Å²) in [6, 6.07) is 10.8. The van der Waals surface area contributed by atoms with Gasteiger partial charge in [-0.25, -0.2) is 4.39 Å². The Kier molecular flexibility index (Phi) is 5.99. The first-order valence-corrected chi connectivity index (χ1v) is 9.35. The van der Waals surface area contributed by atoms with E-state index in [1.165, 1.54) is 6.07 Å². The number of aryl methyl sites for hydroxylation is 1. The Hall–Kier alpha value is -1.72. The first-order chi connectivity index (χ1) is 11.7. The Labute approximate surface area is 146 Å². The van der Waals surface area contributed by atoms with Crippen LogP contribution in [0.4, 0.5) is 4.39 Å². The number of amides is 1. The predicted octanol–water partition coefficient (Wildman–Crippen LogP) is 3.21. The standard InChI is InChI=1S/C19H23FN2OS/c20-17-6-1-4-16(14-17)5-2-8-21-9-11-22(12-10-21)19(23)15-18-7-3-13-24-18/h1,3-4,6-7,13-14H,2,5,8-12,15H2. The molecule has 1 fully saturated rings. The zero-order valence-electron chi connectivity index (χ0n) is 13.8. The van der Waals surface area contributed by atoms with E-state index in [4.69, 9.17) is 0 Å². The number of carbonyl (C=O) groups is 1. The highest BCUT2D eigenvalue weighted by Gasteiger charge is 2.20. The topological polar surface area (TPSA) is 23.6 Å². The predicted molar refractivity (Wildman–Crippen MR) is 95.8 cm³/mol. The quantitative estimate of drug-likeness (QED) is 0.802. The molecular formula is C19H23FN2OS. The number of piperazine rings is 1. The van der Waals surface area contributed by atoms with Gasteiger partial charge in [0.1, 0.15) is 5.82 Å². The normalized spacial score (nSPS) is 15.6. The lowest BCUT2D eigenvalue weighted by molar-refractivity contribution is -0.132. The van der Waals surface area contributed by atoms with Gasteiger partial charge in [0.2, 0.25) is 5.91 Å². The summed E-state index contributed by atoms with van der Waals surface area (Å²) in [5.74, 6) is 0.0715. The Morgan fingerprint density at radius 1 is 1.12 bits per heavy atom. The number of hydrogen-bond acceptors (Lipinski definition) is 3. The third-order valence-electron chi connectivity index (χ3n) is 4.46. The van der Waals surface area contributed by atoms with Crippen LogP contribution in [0, 0.1) is 5.82 Å². The van der Waals surface area contributed by atoms with Crippen LogP contribution in [0.25, 0.3) is 0 Å². The van der Waals surface area contributed by atoms with Crippen molar-refractivity contribution >= 4 is 17.2 Å². The van der Waals surface area contributed by atoms with Crippen molar-refractivity contribution in [3.8, 4) is 0 Å². The molecule has 24 heavy (non-hydrogen) atoms. The Bertz CT molecular complexity index is 651. The van der Waals surface area contributed by atoms with Crippen LogP contribution in [0.3, 0.4) is 0 Å². The molecule has 2 heterocycles. The smallest absolute Gasteiger partial charge is 0.227 e. The molecule has 5 heteroatoms. The first kappa shape index (κ1) is 17.1. The van der Waals surface area contributed by atoms with Crippen LogP contribution in [0.2, 0.25) is 0 Å². The van der Waals surface area contributed by atoms with E-state index in [-0.39, 0.29) is 11.7 Å². The molecule has 0 saturated carbocycles. The minimum atomic E-state index is -0.162. The van der Waals surface area contributed by atoms with Crippen LogP contribution in [0.5, 0.6) is 0 Å². The van der Waals surface area contributed by atoms with E-state index in [0.717, 1.165) is 56.0 Å². The highest BCUT2D eigenvalue weighted by molar-refractivity contribution is 7.10. The number of hydrogen-bond donors (Lipinski definition) is 0. The molecular weight excluding hydrogens is 323 g/mol. The van der Waals surface area contributed by atoms with Crippen LogP contribution in [-0.4, -0.2) is 48.4 Å². The van der Waals surface area contributed by atoms with Crippen molar-refractivity contribution in [1.29, 1.82) is 0 Å². The molecule has 0 atom stereocenters. The summed E-state index contributed by atoms with van der Waals surface area (Å²) in [6.45, 7) is 4.48. The highest BCUT2D eigenvalue weighted by Crippen LogP contribution is 2.13. The molecule has 0 N–H and O–H groups in total. The lowest BCUT2D eigenvalue weighted by Crippen LogP contribution is -2.49. The van der Waals surface area contributed by atoms with Crippen LogP contribution in [0.1, 0.15) is 16.9 Å². The molecule has 2 aromatic rings. The van der Waals surface area contributed by atoms with Crippen molar-refractivity contribution in [3.63, 3.8) is 0 Å². The number of halogens is 1. The van der Waals surface area contributed by atoms with Gasteiger partial charge in [-0.15, -0.1) is 11.3 Å². The second-order valence-corrected chi connectivity index (χ2v) is 7.24. The number of benzene rings is 1. The maximum Gasteiger partial charge on any atom is 0.227 e. The number of rotatable bonds is 6. The van der Waals surface area contributed by atoms with Gasteiger partial charge >= 0.3 is 0 Å². The lowest BCUT2D eigenvalue weighted by atomic mass is 10.1. The van der Waals surface area contributed by atoms with Gasteiger partial charge < -0.3 is 4.90 Å². The van der Waals surface area contributed by atoms with Gasteiger partial charge in [-0.05, 0) is 48.5 Å². The molecule has 3 nitrogen and oxygen atoms in total. The van der Waals surface area contributed by atoms with Crippen molar-refractivity contribution in [2.45, 2.75) is 19.3 Å². The van der Waals surface area contributed by atoms with Gasteiger partial charge in [0.25, 0.3) is 0 Å². The molecule has 128 valence electrons. The fourth-order valence-electron chi connectivity index (χ4n) is 3.09. The van der Waals surface area contributed by atoms with Gasteiger partial charge in [-0.3, -0.25) is 9.69 Å². The third-order valence-corrected chi connectivity index (χ3v) is 5.34. The summed E-state index contributed by atoms with van der Waals surface area (Å²) >= 11 is 1.64. The van der Waals surface area contributed by atoms with E-state index in [1.807, 2.05) is 28.5 Å². The largest absolute Gasteiger partial charge is 0.340 e. The highest BCUT2D eigenvalue weighted by atomic mass is 32.1. The molecule has 1 aliphatic rings. The number of nitrogens with zero attached hydrogens (tertiary/aromatic N) is 2. The average Bonchev–Trinajstić information content (AvgIpc) is 3.08. The summed E-state index contributed by atoms with van der Waals surface area (Å²) < 4.78 is 13.2. The van der Waals surface area contributed by atoms with E-state index in [2.05, 4.69) is 4.90 Å². The summed E-state index contributed by atoms with van der Waals surface area (Å²) in [6.07, 6.45) is 2.44. The molecule has 1 aromatic heterocycles. The van der Waals surface area contributed by atoms with Crippen LogP contribution < -0.4 is 0 Å². The van der Waals surface area contributed by atoms with E-state index in [9.17, 15) is 9.18 Å². The van der Waals surface area contributed by atoms with E-state index < -0.39 is 0 Å². The number of carbonyl (C=O) groups excluding carboxylic acids is 1. The Morgan fingerprint density at radius 3 is 2.67 bits per heavy atom. The molecule has 0 radical (unpaired) electrons. The molecule has 3 rings (SSSR count). The molecule has 1 aliphatic heterocycles.